The van der Waals surface area contributed by atoms with Gasteiger partial charge >= 0.3 is 0 Å². The van der Waals surface area contributed by atoms with Gasteiger partial charge in [-0.2, -0.15) is 0 Å². The number of carbonyl (C=O) groups excluding carboxylic acids is 1. The molecule has 0 unspecified atom stereocenters. The minimum absolute atomic E-state index is 0.0573. The van der Waals surface area contributed by atoms with Crippen LogP contribution in [0.25, 0.3) is 6.08 Å². The van der Waals surface area contributed by atoms with E-state index in [2.05, 4.69) is 4.99 Å². The van der Waals surface area contributed by atoms with Crippen molar-refractivity contribution in [3.8, 4) is 0 Å². The first kappa shape index (κ1) is 17.7. The van der Waals surface area contributed by atoms with Crippen LogP contribution in [0, 0.1) is 10.1 Å². The summed E-state index contributed by atoms with van der Waals surface area (Å²) in [6.07, 6.45) is 1.54. The van der Waals surface area contributed by atoms with Crippen LogP contribution in [0.1, 0.15) is 11.1 Å². The Hall–Kier alpha value is -2.09. The van der Waals surface area contributed by atoms with Crippen LogP contribution >= 0.6 is 35.1 Å². The van der Waals surface area contributed by atoms with Crippen LogP contribution in [0.4, 0.5) is 5.69 Å². The van der Waals surface area contributed by atoms with E-state index < -0.39 is 4.92 Å². The lowest BCUT2D eigenvalue weighted by Gasteiger charge is -1.98. The SMILES string of the molecule is O=C1SC(SCc2ccccc2)=N/C1=C\c1ccc(Cl)c([N+](=O)[O-])c1. The lowest BCUT2D eigenvalue weighted by atomic mass is 10.2. The van der Waals surface area contributed by atoms with Gasteiger partial charge in [0, 0.05) is 11.8 Å². The zero-order chi connectivity index (χ0) is 17.8. The molecule has 0 atom stereocenters. The van der Waals surface area contributed by atoms with Crippen LogP contribution in [0.2, 0.25) is 5.02 Å². The maximum atomic E-state index is 12.1. The molecular weight excluding hydrogens is 380 g/mol. The van der Waals surface area contributed by atoms with E-state index in [-0.39, 0.29) is 21.5 Å². The molecule has 8 heteroatoms. The summed E-state index contributed by atoms with van der Waals surface area (Å²) in [6.45, 7) is 0. The van der Waals surface area contributed by atoms with Crippen molar-refractivity contribution in [2.45, 2.75) is 5.75 Å². The van der Waals surface area contributed by atoms with Crippen LogP contribution in [0.3, 0.4) is 0 Å². The maximum absolute atomic E-state index is 12.1. The highest BCUT2D eigenvalue weighted by Crippen LogP contribution is 2.33. The lowest BCUT2D eigenvalue weighted by Crippen LogP contribution is -1.91. The highest BCUT2D eigenvalue weighted by molar-refractivity contribution is 8.45. The van der Waals surface area contributed by atoms with Gasteiger partial charge < -0.3 is 0 Å². The highest BCUT2D eigenvalue weighted by atomic mass is 35.5. The summed E-state index contributed by atoms with van der Waals surface area (Å²) in [6, 6.07) is 14.3. The van der Waals surface area contributed by atoms with Gasteiger partial charge in [-0.15, -0.1) is 0 Å². The van der Waals surface area contributed by atoms with E-state index in [1.165, 1.54) is 30.0 Å². The smallest absolute Gasteiger partial charge is 0.279 e. The molecule has 2 aromatic carbocycles. The maximum Gasteiger partial charge on any atom is 0.288 e. The second kappa shape index (κ2) is 7.86. The minimum atomic E-state index is -0.556. The lowest BCUT2D eigenvalue weighted by molar-refractivity contribution is -0.384. The number of hydrogen-bond donors (Lipinski definition) is 0. The summed E-state index contributed by atoms with van der Waals surface area (Å²) in [5.74, 6) is 0.722. The van der Waals surface area contributed by atoms with Crippen molar-refractivity contribution < 1.29 is 9.72 Å². The van der Waals surface area contributed by atoms with Crippen LogP contribution in [0.5, 0.6) is 0 Å². The number of carbonyl (C=O) groups is 1. The molecule has 25 heavy (non-hydrogen) atoms. The minimum Gasteiger partial charge on any atom is -0.279 e. The number of thioether (sulfide) groups is 2. The Morgan fingerprint density at radius 2 is 2.00 bits per heavy atom. The Kier molecular flexibility index (Phi) is 5.57. The number of nitro groups is 1. The van der Waals surface area contributed by atoms with E-state index in [0.717, 1.165) is 23.1 Å². The molecule has 0 N–H and O–H groups in total. The molecule has 0 radical (unpaired) electrons. The quantitative estimate of drug-likeness (QED) is 0.410. The van der Waals surface area contributed by atoms with Gasteiger partial charge in [-0.1, -0.05) is 59.8 Å². The van der Waals surface area contributed by atoms with Gasteiger partial charge in [0.05, 0.1) is 4.92 Å². The van der Waals surface area contributed by atoms with Crippen LogP contribution in [-0.4, -0.2) is 14.4 Å². The van der Waals surface area contributed by atoms with Crippen molar-refractivity contribution >= 4 is 56.4 Å². The zero-order valence-electron chi connectivity index (χ0n) is 12.7. The monoisotopic (exact) mass is 390 g/mol. The van der Waals surface area contributed by atoms with Gasteiger partial charge in [-0.3, -0.25) is 14.9 Å². The molecule has 0 spiro atoms. The van der Waals surface area contributed by atoms with Crippen LogP contribution < -0.4 is 0 Å². The summed E-state index contributed by atoms with van der Waals surface area (Å²) in [7, 11) is 0. The Labute approximate surface area is 157 Å². The van der Waals surface area contributed by atoms with Gasteiger partial charge in [0.25, 0.3) is 5.69 Å². The number of halogens is 1. The average Bonchev–Trinajstić information content (AvgIpc) is 2.95. The summed E-state index contributed by atoms with van der Waals surface area (Å²) >= 11 is 8.35. The fourth-order valence-corrected chi connectivity index (χ4v) is 4.07. The second-order valence-electron chi connectivity index (χ2n) is 5.04. The van der Waals surface area contributed by atoms with E-state index in [1.807, 2.05) is 30.3 Å². The third-order valence-corrected chi connectivity index (χ3v) is 5.68. The number of benzene rings is 2. The van der Waals surface area contributed by atoms with Crippen molar-refractivity contribution in [3.63, 3.8) is 0 Å². The molecular formula is C17H11ClN2O3S2. The van der Waals surface area contributed by atoms with Crippen molar-refractivity contribution in [1.82, 2.24) is 0 Å². The molecule has 1 aliphatic heterocycles. The molecule has 1 heterocycles. The first-order valence-corrected chi connectivity index (χ1v) is 9.34. The summed E-state index contributed by atoms with van der Waals surface area (Å²) in [5, 5.41) is 10.8. The third kappa shape index (κ3) is 4.50. The molecule has 0 fully saturated rings. The molecule has 0 amide bonds. The van der Waals surface area contributed by atoms with E-state index >= 15 is 0 Å². The molecule has 5 nitrogen and oxygen atoms in total. The van der Waals surface area contributed by atoms with E-state index in [4.69, 9.17) is 11.6 Å². The van der Waals surface area contributed by atoms with Crippen molar-refractivity contribution in [3.05, 3.63) is 80.5 Å². The van der Waals surface area contributed by atoms with Crippen molar-refractivity contribution in [1.29, 1.82) is 0 Å². The molecule has 0 bridgehead atoms. The first-order valence-electron chi connectivity index (χ1n) is 7.16. The fraction of sp³-hybridized carbons (Fsp3) is 0.0588. The zero-order valence-corrected chi connectivity index (χ0v) is 15.1. The largest absolute Gasteiger partial charge is 0.288 e. The molecule has 0 aliphatic carbocycles. The third-order valence-electron chi connectivity index (χ3n) is 3.28. The average molecular weight is 391 g/mol. The van der Waals surface area contributed by atoms with E-state index in [0.29, 0.717) is 9.94 Å². The van der Waals surface area contributed by atoms with E-state index in [1.54, 1.807) is 6.07 Å². The fourth-order valence-electron chi connectivity index (χ4n) is 2.09. The van der Waals surface area contributed by atoms with Gasteiger partial charge in [0.2, 0.25) is 5.12 Å². The summed E-state index contributed by atoms with van der Waals surface area (Å²) in [5.41, 5.74) is 1.74. The summed E-state index contributed by atoms with van der Waals surface area (Å²) < 4.78 is 0.670. The molecule has 3 rings (SSSR count). The second-order valence-corrected chi connectivity index (χ2v) is 7.63. The van der Waals surface area contributed by atoms with Gasteiger partial charge in [-0.05, 0) is 35.0 Å². The number of aliphatic imine (C=N–C) groups is 1. The van der Waals surface area contributed by atoms with Gasteiger partial charge in [0.15, 0.2) is 0 Å². The first-order chi connectivity index (χ1) is 12.0. The molecule has 0 saturated carbocycles. The highest BCUT2D eigenvalue weighted by Gasteiger charge is 2.23. The molecule has 0 saturated heterocycles. The summed E-state index contributed by atoms with van der Waals surface area (Å²) in [4.78, 5) is 26.8. The predicted octanol–water partition coefficient (Wildman–Crippen LogP) is 5.15. The Morgan fingerprint density at radius 1 is 1.24 bits per heavy atom. The van der Waals surface area contributed by atoms with Crippen LogP contribution in [0.15, 0.2) is 59.2 Å². The molecule has 126 valence electrons. The Morgan fingerprint density at radius 3 is 2.72 bits per heavy atom. The number of rotatable bonds is 4. The Balaban J connectivity index is 1.77. The molecule has 0 aromatic heterocycles. The number of nitro benzene ring substituents is 1. The van der Waals surface area contributed by atoms with E-state index in [9.17, 15) is 14.9 Å². The van der Waals surface area contributed by atoms with Gasteiger partial charge in [-0.25, -0.2) is 4.99 Å². The normalized spacial score (nSPS) is 15.5. The molecule has 2 aromatic rings. The van der Waals surface area contributed by atoms with Gasteiger partial charge in [0.1, 0.15) is 15.1 Å². The standard InChI is InChI=1S/C17H11ClN2O3S2/c18-13-7-6-12(9-15(13)20(22)23)8-14-16(21)25-17(19-14)24-10-11-4-2-1-3-5-11/h1-9H,10H2/b14-8-. The molecule has 1 aliphatic rings. The Bertz CT molecular complexity index is 898. The number of nitrogens with zero attached hydrogens (tertiary/aromatic N) is 2. The van der Waals surface area contributed by atoms with Crippen molar-refractivity contribution in [2.75, 3.05) is 0 Å². The van der Waals surface area contributed by atoms with Crippen molar-refractivity contribution in [2.24, 2.45) is 4.99 Å². The predicted molar refractivity (Wildman–Crippen MR) is 104 cm³/mol. The number of hydrogen-bond acceptors (Lipinski definition) is 6. The van der Waals surface area contributed by atoms with Crippen LogP contribution in [-0.2, 0) is 10.5 Å². The topological polar surface area (TPSA) is 72.6 Å².